The van der Waals surface area contributed by atoms with Gasteiger partial charge in [-0.15, -0.1) is 0 Å². The van der Waals surface area contributed by atoms with E-state index >= 15 is 0 Å². The van der Waals surface area contributed by atoms with Crippen LogP contribution in [0.3, 0.4) is 0 Å². The second-order valence-electron chi connectivity index (χ2n) is 5.05. The smallest absolute Gasteiger partial charge is 0.349 e. The Kier molecular flexibility index (Phi) is 6.46. The molecule has 132 valence electrons. The van der Waals surface area contributed by atoms with Crippen molar-refractivity contribution in [2.75, 3.05) is 19.0 Å². The van der Waals surface area contributed by atoms with Crippen molar-refractivity contribution in [2.45, 2.75) is 0 Å². The van der Waals surface area contributed by atoms with E-state index in [2.05, 4.69) is 5.32 Å². The molecule has 0 unspecified atom stereocenters. The molecule has 0 radical (unpaired) electrons. The fourth-order valence-electron chi connectivity index (χ4n) is 1.96. The number of nitrogens with zero attached hydrogens (tertiary/aromatic N) is 1. The lowest BCUT2D eigenvalue weighted by molar-refractivity contribution is -0.142. The minimum absolute atomic E-state index is 0.0252. The number of nitriles is 1. The minimum atomic E-state index is -0.952. The van der Waals surface area contributed by atoms with Gasteiger partial charge in [-0.1, -0.05) is 24.3 Å². The molecule has 0 atom stereocenters. The predicted molar refractivity (Wildman–Crippen MR) is 92.6 cm³/mol. The van der Waals surface area contributed by atoms with Gasteiger partial charge in [0.1, 0.15) is 23.2 Å². The summed E-state index contributed by atoms with van der Waals surface area (Å²) in [6.45, 7) is -0.644. The summed E-state index contributed by atoms with van der Waals surface area (Å²) in [6, 6.07) is 14.0. The molecule has 0 aliphatic heterocycles. The molecule has 0 fully saturated rings. The molecule has 0 saturated carbocycles. The number of amides is 1. The maximum atomic E-state index is 13.4. The van der Waals surface area contributed by atoms with Crippen LogP contribution in [0.4, 0.5) is 10.1 Å². The monoisotopic (exact) mass is 354 g/mol. The number of carbonyl (C=O) groups is 2. The van der Waals surface area contributed by atoms with E-state index in [1.165, 1.54) is 31.4 Å². The van der Waals surface area contributed by atoms with Crippen LogP contribution in [-0.4, -0.2) is 25.6 Å². The van der Waals surface area contributed by atoms with Gasteiger partial charge in [0, 0.05) is 0 Å². The average Bonchev–Trinajstić information content (AvgIpc) is 2.66. The topological polar surface area (TPSA) is 88.4 Å². The fourth-order valence-corrected chi connectivity index (χ4v) is 1.96. The summed E-state index contributed by atoms with van der Waals surface area (Å²) in [6.07, 6.45) is 1.33. The van der Waals surface area contributed by atoms with Crippen molar-refractivity contribution in [3.8, 4) is 11.8 Å². The SMILES string of the molecule is COc1ccc(/C=C(\C#N)C(=O)OCC(=O)Nc2ccccc2F)cc1. The molecule has 2 rings (SSSR count). The number of nitrogens with one attached hydrogen (secondary N) is 1. The standard InChI is InChI=1S/C19H15FN2O4/c1-25-15-8-6-13(7-9-15)10-14(11-21)19(24)26-12-18(23)22-17-5-3-2-4-16(17)20/h2-10H,12H2,1H3,(H,22,23)/b14-10+. The number of halogens is 1. The Bertz CT molecular complexity index is 870. The van der Waals surface area contributed by atoms with E-state index in [-0.39, 0.29) is 11.3 Å². The van der Waals surface area contributed by atoms with Crippen LogP contribution in [0.5, 0.6) is 5.75 Å². The lowest BCUT2D eigenvalue weighted by Crippen LogP contribution is -2.21. The first-order chi connectivity index (χ1) is 12.5. The number of methoxy groups -OCH3 is 1. The van der Waals surface area contributed by atoms with E-state index in [0.29, 0.717) is 11.3 Å². The lowest BCUT2D eigenvalue weighted by atomic mass is 10.1. The number of carbonyl (C=O) groups excluding carboxylic acids is 2. The normalized spacial score (nSPS) is 10.6. The number of esters is 1. The van der Waals surface area contributed by atoms with E-state index in [0.717, 1.165) is 0 Å². The van der Waals surface area contributed by atoms with E-state index < -0.39 is 24.3 Å². The second kappa shape index (κ2) is 8.99. The highest BCUT2D eigenvalue weighted by Crippen LogP contribution is 2.15. The first-order valence-electron chi connectivity index (χ1n) is 7.51. The van der Waals surface area contributed by atoms with Crippen LogP contribution in [0.1, 0.15) is 5.56 Å². The molecule has 0 spiro atoms. The zero-order valence-electron chi connectivity index (χ0n) is 13.9. The Morgan fingerprint density at radius 1 is 1.19 bits per heavy atom. The Hall–Kier alpha value is -3.66. The molecule has 0 bridgehead atoms. The van der Waals surface area contributed by atoms with E-state index in [1.807, 2.05) is 0 Å². The molecule has 26 heavy (non-hydrogen) atoms. The van der Waals surface area contributed by atoms with Crippen LogP contribution in [0, 0.1) is 17.1 Å². The van der Waals surface area contributed by atoms with Gasteiger partial charge in [-0.05, 0) is 35.9 Å². The Morgan fingerprint density at radius 2 is 1.88 bits per heavy atom. The van der Waals surface area contributed by atoms with Crippen molar-refractivity contribution < 1.29 is 23.5 Å². The molecular weight excluding hydrogens is 339 g/mol. The number of para-hydroxylation sites is 1. The summed E-state index contributed by atoms with van der Waals surface area (Å²) in [5.41, 5.74) is 0.298. The van der Waals surface area contributed by atoms with Gasteiger partial charge in [-0.2, -0.15) is 5.26 Å². The van der Waals surface area contributed by atoms with E-state index in [4.69, 9.17) is 14.7 Å². The summed E-state index contributed by atoms with van der Waals surface area (Å²) in [5, 5.41) is 11.4. The van der Waals surface area contributed by atoms with Gasteiger partial charge in [0.15, 0.2) is 6.61 Å². The van der Waals surface area contributed by atoms with E-state index in [1.54, 1.807) is 36.4 Å². The fraction of sp³-hybridized carbons (Fsp3) is 0.105. The van der Waals surface area contributed by atoms with E-state index in [9.17, 15) is 14.0 Å². The van der Waals surface area contributed by atoms with Crippen molar-refractivity contribution in [1.29, 1.82) is 5.26 Å². The minimum Gasteiger partial charge on any atom is -0.497 e. The summed E-state index contributed by atoms with van der Waals surface area (Å²) >= 11 is 0. The molecule has 2 aromatic carbocycles. The zero-order chi connectivity index (χ0) is 18.9. The molecule has 1 N–H and O–H groups in total. The summed E-state index contributed by atoms with van der Waals surface area (Å²) in [5.74, 6) is -1.64. The molecule has 2 aromatic rings. The van der Waals surface area contributed by atoms with Gasteiger partial charge in [0.2, 0.25) is 0 Å². The molecule has 1 amide bonds. The molecule has 6 nitrogen and oxygen atoms in total. The number of hydrogen-bond donors (Lipinski definition) is 1. The van der Waals surface area contributed by atoms with Crippen LogP contribution < -0.4 is 10.1 Å². The van der Waals surface area contributed by atoms with Crippen LogP contribution in [0.25, 0.3) is 6.08 Å². The highest BCUT2D eigenvalue weighted by molar-refractivity contribution is 6.00. The molecule has 0 heterocycles. The lowest BCUT2D eigenvalue weighted by Gasteiger charge is -2.07. The van der Waals surface area contributed by atoms with Crippen LogP contribution >= 0.6 is 0 Å². The Morgan fingerprint density at radius 3 is 2.50 bits per heavy atom. The van der Waals surface area contributed by atoms with Crippen LogP contribution in [0.15, 0.2) is 54.1 Å². The first-order valence-corrected chi connectivity index (χ1v) is 7.51. The Balaban J connectivity index is 1.96. The largest absolute Gasteiger partial charge is 0.497 e. The maximum absolute atomic E-state index is 13.4. The maximum Gasteiger partial charge on any atom is 0.349 e. The van der Waals surface area contributed by atoms with Crippen LogP contribution in [0.2, 0.25) is 0 Å². The van der Waals surface area contributed by atoms with Crippen molar-refractivity contribution in [3.63, 3.8) is 0 Å². The van der Waals surface area contributed by atoms with Gasteiger partial charge >= 0.3 is 5.97 Å². The first kappa shape index (κ1) is 18.7. The molecule has 7 heteroatoms. The van der Waals surface area contributed by atoms with Crippen molar-refractivity contribution in [3.05, 3.63) is 65.5 Å². The zero-order valence-corrected chi connectivity index (χ0v) is 13.9. The molecule has 0 saturated heterocycles. The number of ether oxygens (including phenoxy) is 2. The van der Waals surface area contributed by atoms with Crippen molar-refractivity contribution in [1.82, 2.24) is 0 Å². The summed E-state index contributed by atoms with van der Waals surface area (Å²) < 4.78 is 23.3. The predicted octanol–water partition coefficient (Wildman–Crippen LogP) is 2.92. The average molecular weight is 354 g/mol. The van der Waals surface area contributed by atoms with Crippen molar-refractivity contribution in [2.24, 2.45) is 0 Å². The van der Waals surface area contributed by atoms with Gasteiger partial charge in [-0.3, -0.25) is 4.79 Å². The quantitative estimate of drug-likeness (QED) is 0.489. The number of benzene rings is 2. The summed E-state index contributed by atoms with van der Waals surface area (Å²) in [4.78, 5) is 23.7. The molecule has 0 aromatic heterocycles. The number of rotatable bonds is 6. The van der Waals surface area contributed by atoms with Crippen molar-refractivity contribution >= 4 is 23.6 Å². The third kappa shape index (κ3) is 5.18. The molecular formula is C19H15FN2O4. The van der Waals surface area contributed by atoms with Gasteiger partial charge in [0.25, 0.3) is 5.91 Å². The highest BCUT2D eigenvalue weighted by atomic mass is 19.1. The van der Waals surface area contributed by atoms with Gasteiger partial charge in [0.05, 0.1) is 12.8 Å². The summed E-state index contributed by atoms with van der Waals surface area (Å²) in [7, 11) is 1.52. The second-order valence-corrected chi connectivity index (χ2v) is 5.05. The number of anilines is 1. The third-order valence-electron chi connectivity index (χ3n) is 3.25. The number of hydrogen-bond acceptors (Lipinski definition) is 5. The molecule has 0 aliphatic rings. The van der Waals surface area contributed by atoms with Gasteiger partial charge < -0.3 is 14.8 Å². The Labute approximate surface area is 149 Å². The highest BCUT2D eigenvalue weighted by Gasteiger charge is 2.14. The third-order valence-corrected chi connectivity index (χ3v) is 3.25. The van der Waals surface area contributed by atoms with Gasteiger partial charge in [-0.25, -0.2) is 9.18 Å². The van der Waals surface area contributed by atoms with Crippen LogP contribution in [-0.2, 0) is 14.3 Å². The molecule has 0 aliphatic carbocycles.